The summed E-state index contributed by atoms with van der Waals surface area (Å²) in [6, 6.07) is 16.2. The predicted molar refractivity (Wildman–Crippen MR) is 80.8 cm³/mol. The molecule has 2 aromatic rings. The van der Waals surface area contributed by atoms with E-state index in [1.165, 1.54) is 11.1 Å². The van der Waals surface area contributed by atoms with Crippen LogP contribution in [0.3, 0.4) is 0 Å². The molecule has 3 nitrogen and oxygen atoms in total. The Balaban J connectivity index is 1.70. The second-order valence-corrected chi connectivity index (χ2v) is 5.64. The number of rotatable bonds is 2. The third-order valence-electron chi connectivity index (χ3n) is 4.36. The molecular weight excluding hydrogens is 262 g/mol. The van der Waals surface area contributed by atoms with E-state index < -0.39 is 0 Å². The Labute approximate surface area is 123 Å². The maximum atomic E-state index is 12.3. The van der Waals surface area contributed by atoms with Crippen molar-refractivity contribution in [2.75, 3.05) is 6.54 Å². The molecule has 2 aromatic carbocycles. The molecule has 4 rings (SSSR count). The predicted octanol–water partition coefficient (Wildman–Crippen LogP) is 3.05. The van der Waals surface area contributed by atoms with E-state index in [4.69, 9.17) is 4.74 Å². The highest BCUT2D eigenvalue weighted by Gasteiger charge is 2.33. The van der Waals surface area contributed by atoms with Crippen LogP contribution in [-0.4, -0.2) is 18.6 Å². The van der Waals surface area contributed by atoms with Crippen molar-refractivity contribution in [1.29, 1.82) is 0 Å². The topological polar surface area (TPSA) is 38.3 Å². The minimum absolute atomic E-state index is 0.135. The van der Waals surface area contributed by atoms with E-state index in [0.717, 1.165) is 30.5 Å². The van der Waals surface area contributed by atoms with Gasteiger partial charge in [0, 0.05) is 11.1 Å². The molecule has 2 aliphatic rings. The lowest BCUT2D eigenvalue weighted by Gasteiger charge is -2.18. The fourth-order valence-corrected chi connectivity index (χ4v) is 3.32. The van der Waals surface area contributed by atoms with Gasteiger partial charge in [0.2, 0.25) is 0 Å². The third kappa shape index (κ3) is 2.05. The molecule has 21 heavy (non-hydrogen) atoms. The van der Waals surface area contributed by atoms with Gasteiger partial charge in [-0.3, -0.25) is 4.79 Å². The lowest BCUT2D eigenvalue weighted by atomic mass is 10.1. The van der Waals surface area contributed by atoms with Gasteiger partial charge in [0.1, 0.15) is 6.04 Å². The number of carbonyl (C=O) groups is 1. The van der Waals surface area contributed by atoms with Crippen LogP contribution < -0.4 is 5.32 Å². The lowest BCUT2D eigenvalue weighted by Crippen LogP contribution is -2.33. The van der Waals surface area contributed by atoms with Gasteiger partial charge in [0.15, 0.2) is 6.10 Å². The molecule has 106 valence electrons. The Bertz CT molecular complexity index is 644. The van der Waals surface area contributed by atoms with E-state index in [0.29, 0.717) is 0 Å². The maximum absolute atomic E-state index is 12.3. The molecule has 0 aromatic heterocycles. The minimum Gasteiger partial charge on any atom is -0.451 e. The van der Waals surface area contributed by atoms with Crippen molar-refractivity contribution in [1.82, 2.24) is 5.32 Å². The molecule has 1 aliphatic heterocycles. The number of nitrogens with one attached hydrogen (secondary N) is 1. The zero-order chi connectivity index (χ0) is 14.2. The first kappa shape index (κ1) is 12.6. The molecule has 1 heterocycles. The third-order valence-corrected chi connectivity index (χ3v) is 4.36. The zero-order valence-corrected chi connectivity index (χ0v) is 11.7. The number of fused-ring (bicyclic) bond motifs is 3. The molecule has 1 aliphatic carbocycles. The van der Waals surface area contributed by atoms with Crippen LogP contribution in [0.4, 0.5) is 0 Å². The van der Waals surface area contributed by atoms with Crippen molar-refractivity contribution in [3.8, 4) is 11.1 Å². The van der Waals surface area contributed by atoms with Crippen molar-refractivity contribution in [3.63, 3.8) is 0 Å². The van der Waals surface area contributed by atoms with E-state index in [-0.39, 0.29) is 18.1 Å². The molecular formula is C18H17NO2. The zero-order valence-electron chi connectivity index (χ0n) is 11.7. The maximum Gasteiger partial charge on any atom is 0.324 e. The number of hydrogen-bond acceptors (Lipinski definition) is 3. The first-order chi connectivity index (χ1) is 10.3. The summed E-state index contributed by atoms with van der Waals surface area (Å²) in [5.74, 6) is -0.135. The molecule has 3 heteroatoms. The van der Waals surface area contributed by atoms with Crippen LogP contribution in [0.2, 0.25) is 0 Å². The molecule has 1 atom stereocenters. The van der Waals surface area contributed by atoms with Crippen molar-refractivity contribution in [2.45, 2.75) is 25.0 Å². The molecule has 0 radical (unpaired) electrons. The standard InChI is InChI=1S/C18H17NO2/c20-18(16-10-5-11-19-16)21-17-14-8-3-1-6-12(14)13-7-2-4-9-15(13)17/h1-4,6-9,16-17,19H,5,10-11H2/t16-/m0/s1. The van der Waals surface area contributed by atoms with Crippen molar-refractivity contribution >= 4 is 5.97 Å². The van der Waals surface area contributed by atoms with Gasteiger partial charge in [0.25, 0.3) is 0 Å². The van der Waals surface area contributed by atoms with Gasteiger partial charge < -0.3 is 10.1 Å². The van der Waals surface area contributed by atoms with Gasteiger partial charge >= 0.3 is 5.97 Å². The molecule has 0 bridgehead atoms. The molecule has 1 N–H and O–H groups in total. The van der Waals surface area contributed by atoms with Crippen LogP contribution in [0.25, 0.3) is 11.1 Å². The van der Waals surface area contributed by atoms with Gasteiger partial charge in [-0.05, 0) is 30.5 Å². The summed E-state index contributed by atoms with van der Waals surface area (Å²) in [5.41, 5.74) is 4.52. The highest BCUT2D eigenvalue weighted by Crippen LogP contribution is 2.45. The largest absolute Gasteiger partial charge is 0.451 e. The summed E-state index contributed by atoms with van der Waals surface area (Å²) in [4.78, 5) is 12.3. The second-order valence-electron chi connectivity index (χ2n) is 5.64. The van der Waals surface area contributed by atoms with Crippen LogP contribution in [-0.2, 0) is 9.53 Å². The lowest BCUT2D eigenvalue weighted by molar-refractivity contribution is -0.149. The van der Waals surface area contributed by atoms with Gasteiger partial charge in [-0.1, -0.05) is 48.5 Å². The van der Waals surface area contributed by atoms with Crippen LogP contribution in [0.1, 0.15) is 30.1 Å². The first-order valence-electron chi connectivity index (χ1n) is 7.47. The number of carbonyl (C=O) groups excluding carboxylic acids is 1. The van der Waals surface area contributed by atoms with E-state index in [2.05, 4.69) is 29.6 Å². The summed E-state index contributed by atoms with van der Waals surface area (Å²) in [6.07, 6.45) is 1.64. The average Bonchev–Trinajstić information content (AvgIpc) is 3.15. The summed E-state index contributed by atoms with van der Waals surface area (Å²) < 4.78 is 5.85. The number of esters is 1. The van der Waals surface area contributed by atoms with Crippen molar-refractivity contribution in [3.05, 3.63) is 59.7 Å². The summed E-state index contributed by atoms with van der Waals surface area (Å²) >= 11 is 0. The normalized spacial score (nSPS) is 20.1. The Kier molecular flexibility index (Phi) is 3.00. The van der Waals surface area contributed by atoms with Crippen LogP contribution >= 0.6 is 0 Å². The molecule has 0 unspecified atom stereocenters. The van der Waals surface area contributed by atoms with Gasteiger partial charge in [-0.25, -0.2) is 0 Å². The second kappa shape index (κ2) is 5.01. The minimum atomic E-state index is -0.271. The molecule has 1 fully saturated rings. The summed E-state index contributed by atoms with van der Waals surface area (Å²) in [6.45, 7) is 0.900. The Hall–Kier alpha value is -2.13. The summed E-state index contributed by atoms with van der Waals surface area (Å²) in [7, 11) is 0. The summed E-state index contributed by atoms with van der Waals surface area (Å²) in [5, 5.41) is 3.20. The quantitative estimate of drug-likeness (QED) is 0.859. The molecule has 0 amide bonds. The van der Waals surface area contributed by atoms with E-state index >= 15 is 0 Å². The Morgan fingerprint density at radius 2 is 1.62 bits per heavy atom. The smallest absolute Gasteiger partial charge is 0.324 e. The molecule has 1 saturated heterocycles. The SMILES string of the molecule is O=C(OC1c2ccccc2-c2ccccc21)[C@@H]1CCCN1. The number of hydrogen-bond donors (Lipinski definition) is 1. The van der Waals surface area contributed by atoms with E-state index in [1.54, 1.807) is 0 Å². The fraction of sp³-hybridized carbons (Fsp3) is 0.278. The van der Waals surface area contributed by atoms with Gasteiger partial charge in [-0.2, -0.15) is 0 Å². The van der Waals surface area contributed by atoms with Gasteiger partial charge in [0.05, 0.1) is 0 Å². The fourth-order valence-electron chi connectivity index (χ4n) is 3.32. The highest BCUT2D eigenvalue weighted by atomic mass is 16.5. The van der Waals surface area contributed by atoms with Crippen LogP contribution in [0, 0.1) is 0 Å². The number of benzene rings is 2. The first-order valence-corrected chi connectivity index (χ1v) is 7.47. The van der Waals surface area contributed by atoms with E-state index in [9.17, 15) is 4.79 Å². The van der Waals surface area contributed by atoms with Crippen LogP contribution in [0.5, 0.6) is 0 Å². The highest BCUT2D eigenvalue weighted by molar-refractivity contribution is 5.81. The molecule has 0 spiro atoms. The average molecular weight is 279 g/mol. The van der Waals surface area contributed by atoms with Gasteiger partial charge in [-0.15, -0.1) is 0 Å². The van der Waals surface area contributed by atoms with Crippen molar-refractivity contribution < 1.29 is 9.53 Å². The monoisotopic (exact) mass is 279 g/mol. The number of ether oxygens (including phenoxy) is 1. The van der Waals surface area contributed by atoms with E-state index in [1.807, 2.05) is 24.3 Å². The Morgan fingerprint density at radius 3 is 2.19 bits per heavy atom. The van der Waals surface area contributed by atoms with Crippen LogP contribution in [0.15, 0.2) is 48.5 Å². The Morgan fingerprint density at radius 1 is 1.00 bits per heavy atom. The molecule has 0 saturated carbocycles. The van der Waals surface area contributed by atoms with Crippen molar-refractivity contribution in [2.24, 2.45) is 0 Å².